The molecule has 2 heterocycles. The summed E-state index contributed by atoms with van der Waals surface area (Å²) in [4.78, 5) is 25.4. The van der Waals surface area contributed by atoms with Crippen LogP contribution in [-0.2, 0) is 25.9 Å². The first-order chi connectivity index (χ1) is 13.7. The number of aryl methyl sites for hydroxylation is 2. The highest BCUT2D eigenvalue weighted by Crippen LogP contribution is 2.28. The van der Waals surface area contributed by atoms with Crippen molar-refractivity contribution >= 4 is 17.2 Å². The van der Waals surface area contributed by atoms with Crippen LogP contribution in [0, 0.1) is 0 Å². The molecule has 144 valence electrons. The minimum absolute atomic E-state index is 0.0332. The maximum atomic E-state index is 13.4. The van der Waals surface area contributed by atoms with Crippen LogP contribution in [0.2, 0.25) is 0 Å². The van der Waals surface area contributed by atoms with Crippen LogP contribution >= 0.6 is 11.3 Å². The summed E-state index contributed by atoms with van der Waals surface area (Å²) in [5.41, 5.74) is 3.08. The number of hydrogen-bond acceptors (Lipinski definition) is 5. The lowest BCUT2D eigenvalue weighted by atomic mass is 10.0. The number of nitrogens with zero attached hydrogens (tertiary/aromatic N) is 3. The van der Waals surface area contributed by atoms with Crippen molar-refractivity contribution in [3.05, 3.63) is 75.5 Å². The summed E-state index contributed by atoms with van der Waals surface area (Å²) in [7, 11) is 1.65. The molecule has 0 saturated heterocycles. The molecule has 2 aromatic heterocycles. The quantitative estimate of drug-likeness (QED) is 0.628. The van der Waals surface area contributed by atoms with Gasteiger partial charge < -0.3 is 9.64 Å². The summed E-state index contributed by atoms with van der Waals surface area (Å²) >= 11 is 1.55. The molecule has 0 aliphatic heterocycles. The Morgan fingerprint density at radius 3 is 2.79 bits per heavy atom. The molecule has 28 heavy (non-hydrogen) atoms. The van der Waals surface area contributed by atoms with Crippen molar-refractivity contribution in [2.75, 3.05) is 7.11 Å². The minimum atomic E-state index is -0.0332. The number of para-hydroxylation sites is 1. The zero-order chi connectivity index (χ0) is 19.3. The Hall–Kier alpha value is -2.73. The molecular formula is C22H23N3O2S. The topological polar surface area (TPSA) is 55.3 Å². The first-order valence-corrected chi connectivity index (χ1v) is 10.3. The number of aromatic nitrogens is 2. The number of rotatable bonds is 6. The number of benzene rings is 1. The average molecular weight is 394 g/mol. The molecule has 6 heteroatoms. The second-order valence-electron chi connectivity index (χ2n) is 6.93. The summed E-state index contributed by atoms with van der Waals surface area (Å²) in [6, 6.07) is 11.7. The minimum Gasteiger partial charge on any atom is -0.496 e. The van der Waals surface area contributed by atoms with Crippen LogP contribution in [0.4, 0.5) is 0 Å². The van der Waals surface area contributed by atoms with Gasteiger partial charge in [-0.3, -0.25) is 9.78 Å². The highest BCUT2D eigenvalue weighted by molar-refractivity contribution is 7.13. The number of pyridine rings is 1. The molecule has 0 saturated carbocycles. The van der Waals surface area contributed by atoms with Crippen molar-refractivity contribution in [1.29, 1.82) is 0 Å². The summed E-state index contributed by atoms with van der Waals surface area (Å²) in [6.45, 7) is 0.941. The molecule has 4 rings (SSSR count). The number of carbonyl (C=O) groups excluding carboxylic acids is 1. The van der Waals surface area contributed by atoms with Gasteiger partial charge in [0.05, 0.1) is 19.3 Å². The molecule has 0 spiro atoms. The van der Waals surface area contributed by atoms with Crippen molar-refractivity contribution < 1.29 is 9.53 Å². The number of thiazole rings is 1. The predicted molar refractivity (Wildman–Crippen MR) is 110 cm³/mol. The van der Waals surface area contributed by atoms with E-state index in [1.165, 1.54) is 11.3 Å². The van der Waals surface area contributed by atoms with Crippen molar-refractivity contribution in [2.24, 2.45) is 0 Å². The van der Waals surface area contributed by atoms with E-state index in [-0.39, 0.29) is 5.91 Å². The SMILES string of the molecule is COc1ccccc1CN(Cc1cccnc1)C(=O)c1nc2c(s1)CCCC2. The molecule has 3 aromatic rings. The van der Waals surface area contributed by atoms with E-state index in [0.29, 0.717) is 18.1 Å². The normalized spacial score (nSPS) is 13.0. The molecule has 1 aliphatic rings. The second-order valence-corrected chi connectivity index (χ2v) is 8.01. The lowest BCUT2D eigenvalue weighted by Gasteiger charge is -2.23. The average Bonchev–Trinajstić information content (AvgIpc) is 3.18. The molecule has 0 atom stereocenters. The number of hydrogen-bond donors (Lipinski definition) is 0. The van der Waals surface area contributed by atoms with E-state index in [1.54, 1.807) is 30.8 Å². The third-order valence-electron chi connectivity index (χ3n) is 4.97. The number of fused-ring (bicyclic) bond motifs is 1. The van der Waals surface area contributed by atoms with Crippen LogP contribution in [0.25, 0.3) is 0 Å². The Kier molecular flexibility index (Phi) is 5.67. The van der Waals surface area contributed by atoms with Crippen LogP contribution in [0.5, 0.6) is 5.75 Å². The molecule has 1 aromatic carbocycles. The van der Waals surface area contributed by atoms with E-state index in [1.807, 2.05) is 41.3 Å². The Bertz CT molecular complexity index is 932. The summed E-state index contributed by atoms with van der Waals surface area (Å²) in [5.74, 6) is 0.749. The smallest absolute Gasteiger partial charge is 0.283 e. The number of carbonyl (C=O) groups is 1. The van der Waals surface area contributed by atoms with Crippen LogP contribution in [0.15, 0.2) is 48.8 Å². The first kappa shape index (κ1) is 18.6. The second kappa shape index (κ2) is 8.52. The zero-order valence-electron chi connectivity index (χ0n) is 15.9. The molecule has 5 nitrogen and oxygen atoms in total. The zero-order valence-corrected chi connectivity index (χ0v) is 16.7. The molecule has 0 radical (unpaired) electrons. The lowest BCUT2D eigenvalue weighted by Crippen LogP contribution is -2.30. The van der Waals surface area contributed by atoms with E-state index >= 15 is 0 Å². The van der Waals surface area contributed by atoms with Gasteiger partial charge in [-0.1, -0.05) is 24.3 Å². The van der Waals surface area contributed by atoms with Gasteiger partial charge in [-0.15, -0.1) is 11.3 Å². The van der Waals surface area contributed by atoms with Gasteiger partial charge in [0.2, 0.25) is 0 Å². The third-order valence-corrected chi connectivity index (χ3v) is 6.11. The summed E-state index contributed by atoms with van der Waals surface area (Å²) in [6.07, 6.45) is 7.90. The number of ether oxygens (including phenoxy) is 1. The Morgan fingerprint density at radius 1 is 1.14 bits per heavy atom. The molecule has 0 fully saturated rings. The summed E-state index contributed by atoms with van der Waals surface area (Å²) < 4.78 is 5.48. The van der Waals surface area contributed by atoms with E-state index in [2.05, 4.69) is 9.97 Å². The van der Waals surface area contributed by atoms with Gasteiger partial charge in [0.15, 0.2) is 5.01 Å². The van der Waals surface area contributed by atoms with Gasteiger partial charge in [0.1, 0.15) is 5.75 Å². The highest BCUT2D eigenvalue weighted by atomic mass is 32.1. The van der Waals surface area contributed by atoms with Gasteiger partial charge >= 0.3 is 0 Å². The van der Waals surface area contributed by atoms with Gasteiger partial charge in [0, 0.05) is 29.4 Å². The Labute approximate surface area is 169 Å². The number of amides is 1. The third kappa shape index (κ3) is 4.07. The van der Waals surface area contributed by atoms with Crippen LogP contribution in [0.1, 0.15) is 44.3 Å². The Balaban J connectivity index is 1.63. The van der Waals surface area contributed by atoms with Gasteiger partial charge in [-0.25, -0.2) is 4.98 Å². The Morgan fingerprint density at radius 2 is 2.00 bits per heavy atom. The number of methoxy groups -OCH3 is 1. The van der Waals surface area contributed by atoms with E-state index in [4.69, 9.17) is 4.74 Å². The van der Waals surface area contributed by atoms with Crippen LogP contribution < -0.4 is 4.74 Å². The fourth-order valence-electron chi connectivity index (χ4n) is 3.53. The van der Waals surface area contributed by atoms with Crippen molar-refractivity contribution in [3.63, 3.8) is 0 Å². The molecule has 1 aliphatic carbocycles. The van der Waals surface area contributed by atoms with Gasteiger partial charge in [-0.2, -0.15) is 0 Å². The van der Waals surface area contributed by atoms with Crippen LogP contribution in [0.3, 0.4) is 0 Å². The van der Waals surface area contributed by atoms with E-state index in [9.17, 15) is 4.79 Å². The van der Waals surface area contributed by atoms with Crippen molar-refractivity contribution in [2.45, 2.75) is 38.8 Å². The van der Waals surface area contributed by atoms with Crippen molar-refractivity contribution in [3.8, 4) is 5.75 Å². The van der Waals surface area contributed by atoms with Crippen molar-refractivity contribution in [1.82, 2.24) is 14.9 Å². The van der Waals surface area contributed by atoms with E-state index < -0.39 is 0 Å². The van der Waals surface area contributed by atoms with E-state index in [0.717, 1.165) is 41.8 Å². The summed E-state index contributed by atoms with van der Waals surface area (Å²) in [5, 5.41) is 0.589. The molecule has 0 N–H and O–H groups in total. The highest BCUT2D eigenvalue weighted by Gasteiger charge is 2.24. The molecule has 0 unspecified atom stereocenters. The van der Waals surface area contributed by atoms with Gasteiger partial charge in [0.25, 0.3) is 5.91 Å². The molecule has 0 bridgehead atoms. The lowest BCUT2D eigenvalue weighted by molar-refractivity contribution is 0.0728. The largest absolute Gasteiger partial charge is 0.496 e. The fourth-order valence-corrected chi connectivity index (χ4v) is 4.65. The standard InChI is InChI=1S/C22H23N3O2S/c1-27-19-10-4-2-8-17(19)15-25(14-16-7-6-12-23-13-16)22(26)21-24-18-9-3-5-11-20(18)28-21/h2,4,6-8,10,12-13H,3,5,9,11,14-15H2,1H3. The maximum Gasteiger partial charge on any atom is 0.283 e. The molecular weight excluding hydrogens is 370 g/mol. The fraction of sp³-hybridized carbons (Fsp3) is 0.318. The predicted octanol–water partition coefficient (Wildman–Crippen LogP) is 4.27. The molecule has 1 amide bonds. The maximum absolute atomic E-state index is 13.4. The first-order valence-electron chi connectivity index (χ1n) is 9.53. The van der Waals surface area contributed by atoms with Crippen LogP contribution in [-0.4, -0.2) is 27.9 Å². The monoisotopic (exact) mass is 393 g/mol. The van der Waals surface area contributed by atoms with Gasteiger partial charge in [-0.05, 0) is 43.4 Å².